The van der Waals surface area contributed by atoms with Gasteiger partial charge in [-0.3, -0.25) is 4.79 Å². The fraction of sp³-hybridized carbons (Fsp3) is 0.208. The molecule has 0 aliphatic rings. The van der Waals surface area contributed by atoms with Crippen molar-refractivity contribution in [1.82, 2.24) is 4.31 Å². The molecule has 0 saturated heterocycles. The molecule has 4 aromatic rings. The van der Waals surface area contributed by atoms with Crippen LogP contribution in [-0.2, 0) is 15.0 Å². The summed E-state index contributed by atoms with van der Waals surface area (Å²) in [5.74, 6) is -0.452. The summed E-state index contributed by atoms with van der Waals surface area (Å²) >= 11 is 0. The zero-order chi connectivity index (χ0) is 23.0. The first kappa shape index (κ1) is 21.9. The summed E-state index contributed by atoms with van der Waals surface area (Å²) in [6.07, 6.45) is 0. The zero-order valence-corrected chi connectivity index (χ0v) is 19.2. The van der Waals surface area contributed by atoms with Crippen molar-refractivity contribution in [1.29, 1.82) is 0 Å². The lowest BCUT2D eigenvalue weighted by Gasteiger charge is -2.28. The van der Waals surface area contributed by atoms with Crippen LogP contribution in [0.4, 0.5) is 11.4 Å². The van der Waals surface area contributed by atoms with Gasteiger partial charge in [0.25, 0.3) is 0 Å². The number of furan rings is 1. The number of aryl methyl sites for hydroxylation is 2. The van der Waals surface area contributed by atoms with E-state index in [-0.39, 0.29) is 6.54 Å². The van der Waals surface area contributed by atoms with Gasteiger partial charge in [-0.25, -0.2) is 4.31 Å². The maximum Gasteiger partial charge on any atom is 0.304 e. The summed E-state index contributed by atoms with van der Waals surface area (Å²) < 4.78 is 34.1. The predicted octanol–water partition coefficient (Wildman–Crippen LogP) is 4.45. The zero-order valence-electron chi connectivity index (χ0n) is 18.4. The number of hydrogen-bond donors (Lipinski definition) is 1. The lowest BCUT2D eigenvalue weighted by Crippen LogP contribution is -2.44. The van der Waals surface area contributed by atoms with Crippen LogP contribution in [0.25, 0.3) is 21.9 Å². The van der Waals surface area contributed by atoms with Crippen LogP contribution in [0, 0.1) is 13.8 Å². The lowest BCUT2D eigenvalue weighted by atomic mass is 10.1. The highest BCUT2D eigenvalue weighted by Gasteiger charge is 2.28. The van der Waals surface area contributed by atoms with Crippen molar-refractivity contribution in [3.8, 4) is 0 Å². The number of fused-ring (bicyclic) bond motifs is 3. The van der Waals surface area contributed by atoms with Gasteiger partial charge in [0.05, 0.1) is 5.69 Å². The van der Waals surface area contributed by atoms with E-state index >= 15 is 0 Å². The van der Waals surface area contributed by atoms with Crippen LogP contribution in [0.15, 0.2) is 65.1 Å². The van der Waals surface area contributed by atoms with E-state index in [2.05, 4.69) is 5.32 Å². The number of anilines is 2. The van der Waals surface area contributed by atoms with Crippen molar-refractivity contribution >= 4 is 49.4 Å². The standard InChI is InChI=1S/C24H25N3O4S/c1-16-9-10-17(2)21(13-16)27(32(29,30)26(3)4)15-24(28)25-18-11-12-20-19-7-5-6-8-22(19)31-23(20)14-18/h5-14H,15H2,1-4H3,(H,25,28). The van der Waals surface area contributed by atoms with Gasteiger partial charge in [-0.05, 0) is 49.2 Å². The van der Waals surface area contributed by atoms with E-state index in [0.29, 0.717) is 17.0 Å². The number of nitrogens with one attached hydrogen (secondary N) is 1. The summed E-state index contributed by atoms with van der Waals surface area (Å²) in [4.78, 5) is 12.9. The highest BCUT2D eigenvalue weighted by Crippen LogP contribution is 2.30. The molecule has 0 radical (unpaired) electrons. The van der Waals surface area contributed by atoms with Crippen LogP contribution in [0.5, 0.6) is 0 Å². The number of nitrogens with zero attached hydrogens (tertiary/aromatic N) is 2. The van der Waals surface area contributed by atoms with Gasteiger partial charge in [-0.1, -0.05) is 30.3 Å². The minimum absolute atomic E-state index is 0.358. The summed E-state index contributed by atoms with van der Waals surface area (Å²) in [7, 11) is -0.993. The fourth-order valence-electron chi connectivity index (χ4n) is 3.61. The number of carbonyl (C=O) groups is 1. The smallest absolute Gasteiger partial charge is 0.304 e. The number of rotatable bonds is 6. The van der Waals surface area contributed by atoms with Gasteiger partial charge >= 0.3 is 10.2 Å². The van der Waals surface area contributed by atoms with E-state index in [0.717, 1.165) is 36.1 Å². The number of amides is 1. The predicted molar refractivity (Wildman–Crippen MR) is 128 cm³/mol. The van der Waals surface area contributed by atoms with Crippen molar-refractivity contribution < 1.29 is 17.6 Å². The molecule has 1 amide bonds. The minimum Gasteiger partial charge on any atom is -0.456 e. The molecular formula is C24H25N3O4S. The number of carbonyl (C=O) groups excluding carboxylic acids is 1. The van der Waals surface area contributed by atoms with Gasteiger partial charge in [-0.2, -0.15) is 12.7 Å². The molecule has 0 fully saturated rings. The van der Waals surface area contributed by atoms with Crippen LogP contribution >= 0.6 is 0 Å². The molecule has 0 bridgehead atoms. The first-order chi connectivity index (χ1) is 15.2. The Morgan fingerprint density at radius 3 is 2.41 bits per heavy atom. The van der Waals surface area contributed by atoms with E-state index in [9.17, 15) is 13.2 Å². The molecule has 0 aliphatic heterocycles. The van der Waals surface area contributed by atoms with Gasteiger partial charge in [0.2, 0.25) is 5.91 Å². The van der Waals surface area contributed by atoms with E-state index in [1.54, 1.807) is 18.2 Å². The fourth-order valence-corrected chi connectivity index (χ4v) is 4.73. The molecule has 1 heterocycles. The Bertz CT molecular complexity index is 1420. The second-order valence-electron chi connectivity index (χ2n) is 7.94. The number of hydrogen-bond acceptors (Lipinski definition) is 4. The van der Waals surface area contributed by atoms with Crippen LogP contribution in [0.2, 0.25) is 0 Å². The van der Waals surface area contributed by atoms with Crippen molar-refractivity contribution in [2.45, 2.75) is 13.8 Å². The Morgan fingerprint density at radius 1 is 0.938 bits per heavy atom. The Morgan fingerprint density at radius 2 is 1.66 bits per heavy atom. The first-order valence-electron chi connectivity index (χ1n) is 10.2. The van der Waals surface area contributed by atoms with Crippen LogP contribution in [0.1, 0.15) is 11.1 Å². The monoisotopic (exact) mass is 451 g/mol. The average Bonchev–Trinajstić information content (AvgIpc) is 3.11. The lowest BCUT2D eigenvalue weighted by molar-refractivity contribution is -0.114. The SMILES string of the molecule is Cc1ccc(C)c(N(CC(=O)Nc2ccc3c(c2)oc2ccccc23)S(=O)(=O)N(C)C)c1. The highest BCUT2D eigenvalue weighted by atomic mass is 32.2. The molecule has 8 heteroatoms. The highest BCUT2D eigenvalue weighted by molar-refractivity contribution is 7.90. The Kier molecular flexibility index (Phi) is 5.66. The van der Waals surface area contributed by atoms with Crippen LogP contribution < -0.4 is 9.62 Å². The third-order valence-electron chi connectivity index (χ3n) is 5.32. The van der Waals surface area contributed by atoms with Crippen molar-refractivity contribution in [2.75, 3.05) is 30.3 Å². The second kappa shape index (κ2) is 8.29. The van der Waals surface area contributed by atoms with Crippen molar-refractivity contribution in [3.63, 3.8) is 0 Å². The molecule has 1 N–H and O–H groups in total. The molecular weight excluding hydrogens is 426 g/mol. The second-order valence-corrected chi connectivity index (χ2v) is 10.0. The van der Waals surface area contributed by atoms with Crippen LogP contribution in [-0.4, -0.2) is 39.3 Å². The van der Waals surface area contributed by atoms with Gasteiger partial charge in [0, 0.05) is 36.6 Å². The molecule has 4 rings (SSSR count). The topological polar surface area (TPSA) is 82.9 Å². The molecule has 0 spiro atoms. The molecule has 32 heavy (non-hydrogen) atoms. The Balaban J connectivity index is 1.63. The molecule has 7 nitrogen and oxygen atoms in total. The van der Waals surface area contributed by atoms with Gasteiger partial charge in [0.15, 0.2) is 0 Å². The molecule has 0 atom stereocenters. The quantitative estimate of drug-likeness (QED) is 0.469. The number of para-hydroxylation sites is 1. The summed E-state index contributed by atoms with van der Waals surface area (Å²) in [5.41, 5.74) is 4.09. The first-order valence-corrected chi connectivity index (χ1v) is 11.5. The Hall–Kier alpha value is -3.36. The molecule has 0 saturated carbocycles. The molecule has 0 unspecified atom stereocenters. The summed E-state index contributed by atoms with van der Waals surface area (Å²) in [6, 6.07) is 18.6. The van der Waals surface area contributed by atoms with Gasteiger partial charge in [-0.15, -0.1) is 0 Å². The van der Waals surface area contributed by atoms with Crippen molar-refractivity contribution in [2.24, 2.45) is 0 Å². The maximum absolute atomic E-state index is 13.0. The number of benzene rings is 3. The molecule has 166 valence electrons. The molecule has 0 aliphatic carbocycles. The summed E-state index contributed by atoms with van der Waals surface area (Å²) in [5, 5.41) is 4.75. The average molecular weight is 452 g/mol. The summed E-state index contributed by atoms with van der Waals surface area (Å²) in [6.45, 7) is 3.34. The van der Waals surface area contributed by atoms with Crippen molar-refractivity contribution in [3.05, 3.63) is 71.8 Å². The Labute approximate surface area is 187 Å². The van der Waals surface area contributed by atoms with Gasteiger partial charge < -0.3 is 9.73 Å². The largest absolute Gasteiger partial charge is 0.456 e. The maximum atomic E-state index is 13.0. The van der Waals surface area contributed by atoms with E-state index in [4.69, 9.17) is 4.42 Å². The van der Waals surface area contributed by atoms with E-state index < -0.39 is 16.1 Å². The van der Waals surface area contributed by atoms with E-state index in [1.807, 2.05) is 56.3 Å². The van der Waals surface area contributed by atoms with Crippen LogP contribution in [0.3, 0.4) is 0 Å². The normalized spacial score (nSPS) is 11.9. The molecule has 1 aromatic heterocycles. The van der Waals surface area contributed by atoms with Gasteiger partial charge in [0.1, 0.15) is 17.7 Å². The third kappa shape index (κ3) is 4.06. The van der Waals surface area contributed by atoms with E-state index in [1.165, 1.54) is 14.1 Å². The minimum atomic E-state index is -3.88. The third-order valence-corrected chi connectivity index (χ3v) is 7.13. The molecule has 3 aromatic carbocycles.